The number of nitrogens with one attached hydrogen (secondary N) is 1. The first kappa shape index (κ1) is 14.9. The first-order chi connectivity index (χ1) is 9.67. The minimum atomic E-state index is 0.599. The molecule has 0 atom stereocenters. The van der Waals surface area contributed by atoms with Crippen LogP contribution in [0.5, 0.6) is 5.75 Å². The molecule has 1 heterocycles. The lowest BCUT2D eigenvalue weighted by Crippen LogP contribution is -2.33. The molecule has 20 heavy (non-hydrogen) atoms. The summed E-state index contributed by atoms with van der Waals surface area (Å²) >= 11 is 0. The van der Waals surface area contributed by atoms with Crippen molar-refractivity contribution >= 4 is 10.9 Å². The SMILES string of the molecule is CCCN(CCc1c[nH]c2cccc(OC)c12)C(C)C. The first-order valence-electron chi connectivity index (χ1n) is 7.54. The maximum absolute atomic E-state index is 5.49. The number of rotatable bonds is 7. The fraction of sp³-hybridized carbons (Fsp3) is 0.529. The Labute approximate surface area is 121 Å². The highest BCUT2D eigenvalue weighted by atomic mass is 16.5. The van der Waals surface area contributed by atoms with Crippen molar-refractivity contribution < 1.29 is 4.74 Å². The predicted molar refractivity (Wildman–Crippen MR) is 85.6 cm³/mol. The number of ether oxygens (including phenoxy) is 1. The summed E-state index contributed by atoms with van der Waals surface area (Å²) in [7, 11) is 1.74. The number of aromatic amines is 1. The molecular formula is C17H26N2O. The topological polar surface area (TPSA) is 28.3 Å². The average Bonchev–Trinajstić information content (AvgIpc) is 2.86. The summed E-state index contributed by atoms with van der Waals surface area (Å²) in [6.07, 6.45) is 4.38. The Morgan fingerprint density at radius 3 is 2.70 bits per heavy atom. The van der Waals surface area contributed by atoms with Gasteiger partial charge < -0.3 is 14.6 Å². The second-order valence-corrected chi connectivity index (χ2v) is 5.58. The van der Waals surface area contributed by atoms with Crippen molar-refractivity contribution in [2.75, 3.05) is 20.2 Å². The molecule has 1 aromatic carbocycles. The minimum absolute atomic E-state index is 0.599. The van der Waals surface area contributed by atoms with Crippen molar-refractivity contribution in [3.63, 3.8) is 0 Å². The number of H-pyrrole nitrogens is 1. The van der Waals surface area contributed by atoms with Gasteiger partial charge in [0.1, 0.15) is 5.75 Å². The largest absolute Gasteiger partial charge is 0.496 e. The smallest absolute Gasteiger partial charge is 0.128 e. The molecule has 3 heteroatoms. The van der Waals surface area contributed by atoms with E-state index in [0.29, 0.717) is 6.04 Å². The van der Waals surface area contributed by atoms with Gasteiger partial charge >= 0.3 is 0 Å². The fourth-order valence-electron chi connectivity index (χ4n) is 2.77. The average molecular weight is 274 g/mol. The van der Waals surface area contributed by atoms with Gasteiger partial charge in [-0.15, -0.1) is 0 Å². The van der Waals surface area contributed by atoms with Gasteiger partial charge in [-0.05, 0) is 50.9 Å². The Balaban J connectivity index is 2.17. The lowest BCUT2D eigenvalue weighted by atomic mass is 10.1. The first-order valence-corrected chi connectivity index (χ1v) is 7.54. The molecule has 110 valence electrons. The fourth-order valence-corrected chi connectivity index (χ4v) is 2.77. The molecular weight excluding hydrogens is 248 g/mol. The van der Waals surface area contributed by atoms with Gasteiger partial charge in [-0.2, -0.15) is 0 Å². The third kappa shape index (κ3) is 3.15. The van der Waals surface area contributed by atoms with E-state index in [1.165, 1.54) is 17.4 Å². The second-order valence-electron chi connectivity index (χ2n) is 5.58. The standard InChI is InChI=1S/C17H26N2O/c1-5-10-19(13(2)3)11-9-14-12-18-15-7-6-8-16(20-4)17(14)15/h6-8,12-13,18H,5,9-11H2,1-4H3. The molecule has 2 aromatic rings. The van der Waals surface area contributed by atoms with Crippen LogP contribution in [0.4, 0.5) is 0 Å². The summed E-state index contributed by atoms with van der Waals surface area (Å²) in [5.74, 6) is 0.963. The maximum atomic E-state index is 5.49. The highest BCUT2D eigenvalue weighted by molar-refractivity contribution is 5.89. The van der Waals surface area contributed by atoms with Crippen molar-refractivity contribution in [1.29, 1.82) is 0 Å². The molecule has 2 rings (SSSR count). The van der Waals surface area contributed by atoms with E-state index < -0.39 is 0 Å². The van der Waals surface area contributed by atoms with Crippen molar-refractivity contribution in [2.24, 2.45) is 0 Å². The number of fused-ring (bicyclic) bond motifs is 1. The summed E-state index contributed by atoms with van der Waals surface area (Å²) < 4.78 is 5.49. The zero-order valence-electron chi connectivity index (χ0n) is 13.1. The monoisotopic (exact) mass is 274 g/mol. The van der Waals surface area contributed by atoms with Crippen LogP contribution >= 0.6 is 0 Å². The molecule has 0 spiro atoms. The van der Waals surface area contributed by atoms with Crippen molar-refractivity contribution in [3.05, 3.63) is 30.0 Å². The molecule has 0 fully saturated rings. The maximum Gasteiger partial charge on any atom is 0.128 e. The van der Waals surface area contributed by atoms with E-state index in [4.69, 9.17) is 4.74 Å². The zero-order chi connectivity index (χ0) is 14.5. The van der Waals surface area contributed by atoms with Crippen LogP contribution in [0.15, 0.2) is 24.4 Å². The van der Waals surface area contributed by atoms with Crippen LogP contribution in [-0.4, -0.2) is 36.1 Å². The van der Waals surface area contributed by atoms with Crippen molar-refractivity contribution in [1.82, 2.24) is 9.88 Å². The second kappa shape index (κ2) is 6.80. The predicted octanol–water partition coefficient (Wildman–Crippen LogP) is 3.84. The highest BCUT2D eigenvalue weighted by Gasteiger charge is 2.12. The molecule has 0 saturated carbocycles. The van der Waals surface area contributed by atoms with Crippen LogP contribution in [0.3, 0.4) is 0 Å². The van der Waals surface area contributed by atoms with Gasteiger partial charge in [-0.25, -0.2) is 0 Å². The highest BCUT2D eigenvalue weighted by Crippen LogP contribution is 2.28. The molecule has 0 radical (unpaired) electrons. The van der Waals surface area contributed by atoms with Gasteiger partial charge in [0, 0.05) is 29.7 Å². The Bertz CT molecular complexity index is 545. The summed E-state index contributed by atoms with van der Waals surface area (Å²) in [5.41, 5.74) is 2.50. The van der Waals surface area contributed by atoms with Crippen LogP contribution in [0.25, 0.3) is 10.9 Å². The number of benzene rings is 1. The van der Waals surface area contributed by atoms with Gasteiger partial charge in [0.2, 0.25) is 0 Å². The van der Waals surface area contributed by atoms with Gasteiger partial charge in [0.15, 0.2) is 0 Å². The molecule has 0 aliphatic rings. The third-order valence-corrected chi connectivity index (χ3v) is 3.88. The van der Waals surface area contributed by atoms with Crippen LogP contribution in [0.2, 0.25) is 0 Å². The molecule has 0 saturated heterocycles. The Hall–Kier alpha value is -1.48. The van der Waals surface area contributed by atoms with E-state index in [9.17, 15) is 0 Å². The van der Waals surface area contributed by atoms with E-state index >= 15 is 0 Å². The number of hydrogen-bond acceptors (Lipinski definition) is 2. The van der Waals surface area contributed by atoms with Gasteiger partial charge in [-0.3, -0.25) is 0 Å². The van der Waals surface area contributed by atoms with Crippen LogP contribution in [0.1, 0.15) is 32.8 Å². The summed E-state index contributed by atoms with van der Waals surface area (Å²) in [6, 6.07) is 6.76. The molecule has 0 bridgehead atoms. The molecule has 3 nitrogen and oxygen atoms in total. The van der Waals surface area contributed by atoms with Crippen LogP contribution < -0.4 is 4.74 Å². The van der Waals surface area contributed by atoms with Gasteiger partial charge in [0.25, 0.3) is 0 Å². The normalized spacial score (nSPS) is 11.7. The summed E-state index contributed by atoms with van der Waals surface area (Å²) in [6.45, 7) is 9.04. The molecule has 0 amide bonds. The summed E-state index contributed by atoms with van der Waals surface area (Å²) in [4.78, 5) is 5.89. The lowest BCUT2D eigenvalue weighted by molar-refractivity contribution is 0.225. The number of hydrogen-bond donors (Lipinski definition) is 1. The van der Waals surface area contributed by atoms with E-state index in [1.54, 1.807) is 7.11 Å². The van der Waals surface area contributed by atoms with E-state index in [0.717, 1.165) is 30.8 Å². The molecule has 1 N–H and O–H groups in total. The lowest BCUT2D eigenvalue weighted by Gasteiger charge is -2.25. The van der Waals surface area contributed by atoms with Gasteiger partial charge in [-0.1, -0.05) is 13.0 Å². The van der Waals surface area contributed by atoms with Crippen molar-refractivity contribution in [2.45, 2.75) is 39.7 Å². The Kier molecular flexibility index (Phi) is 5.07. The Morgan fingerprint density at radius 1 is 1.25 bits per heavy atom. The quantitative estimate of drug-likeness (QED) is 0.831. The molecule has 0 aliphatic heterocycles. The van der Waals surface area contributed by atoms with Crippen LogP contribution in [0, 0.1) is 0 Å². The number of methoxy groups -OCH3 is 1. The van der Waals surface area contributed by atoms with Crippen LogP contribution in [-0.2, 0) is 6.42 Å². The van der Waals surface area contributed by atoms with E-state index in [2.05, 4.69) is 42.9 Å². The Morgan fingerprint density at radius 2 is 2.05 bits per heavy atom. The molecule has 0 aliphatic carbocycles. The molecule has 1 aromatic heterocycles. The number of nitrogens with zero attached hydrogens (tertiary/aromatic N) is 1. The number of aromatic nitrogens is 1. The van der Waals surface area contributed by atoms with E-state index in [1.807, 2.05) is 12.1 Å². The minimum Gasteiger partial charge on any atom is -0.496 e. The zero-order valence-corrected chi connectivity index (χ0v) is 13.1. The summed E-state index contributed by atoms with van der Waals surface area (Å²) in [5, 5.41) is 1.23. The van der Waals surface area contributed by atoms with Gasteiger partial charge in [0.05, 0.1) is 7.11 Å². The van der Waals surface area contributed by atoms with Crippen molar-refractivity contribution in [3.8, 4) is 5.75 Å². The molecule has 0 unspecified atom stereocenters. The van der Waals surface area contributed by atoms with E-state index in [-0.39, 0.29) is 0 Å². The third-order valence-electron chi connectivity index (χ3n) is 3.88.